The lowest BCUT2D eigenvalue weighted by molar-refractivity contribution is 0.0636. The highest BCUT2D eigenvalue weighted by molar-refractivity contribution is 5.97. The summed E-state index contributed by atoms with van der Waals surface area (Å²) in [6, 6.07) is 21.2. The lowest BCUT2D eigenvalue weighted by atomic mass is 9.74. The first-order chi connectivity index (χ1) is 16.7. The maximum atomic E-state index is 13.3. The van der Waals surface area contributed by atoms with Gasteiger partial charge in [0.1, 0.15) is 5.58 Å². The van der Waals surface area contributed by atoms with Crippen LogP contribution in [-0.4, -0.2) is 28.9 Å². The molecule has 1 saturated carbocycles. The summed E-state index contributed by atoms with van der Waals surface area (Å²) in [7, 11) is 0. The lowest BCUT2D eigenvalue weighted by Gasteiger charge is -2.40. The van der Waals surface area contributed by atoms with Crippen LogP contribution in [0.2, 0.25) is 0 Å². The van der Waals surface area contributed by atoms with Crippen molar-refractivity contribution in [3.05, 3.63) is 89.4 Å². The monoisotopic (exact) mass is 448 g/mol. The quantitative estimate of drug-likeness (QED) is 0.360. The topological polar surface area (TPSA) is 46.3 Å². The molecule has 170 valence electrons. The molecule has 3 aliphatic rings. The Balaban J connectivity index is 1.12. The SMILES string of the molecule is O=C(c1cc2cc(-c3cccnc3C3CC3)ccc2o1)N1CCC2(CCc3ccccc32)CC1. The Morgan fingerprint density at radius 3 is 2.68 bits per heavy atom. The first kappa shape index (κ1) is 20.0. The van der Waals surface area contributed by atoms with Gasteiger partial charge in [-0.25, -0.2) is 0 Å². The van der Waals surface area contributed by atoms with E-state index >= 15 is 0 Å². The third-order valence-corrected chi connectivity index (χ3v) is 8.31. The number of furan rings is 1. The molecule has 34 heavy (non-hydrogen) atoms. The molecule has 4 nitrogen and oxygen atoms in total. The first-order valence-corrected chi connectivity index (χ1v) is 12.6. The number of benzene rings is 2. The van der Waals surface area contributed by atoms with Crippen molar-refractivity contribution < 1.29 is 9.21 Å². The largest absolute Gasteiger partial charge is 0.451 e. The van der Waals surface area contributed by atoms with Gasteiger partial charge in [0.15, 0.2) is 5.76 Å². The summed E-state index contributed by atoms with van der Waals surface area (Å²) < 4.78 is 6.03. The second kappa shape index (κ2) is 7.56. The Hall–Kier alpha value is -3.40. The van der Waals surface area contributed by atoms with Gasteiger partial charge in [-0.05, 0) is 84.9 Å². The van der Waals surface area contributed by atoms with E-state index in [1.807, 2.05) is 29.3 Å². The summed E-state index contributed by atoms with van der Waals surface area (Å²) in [4.78, 5) is 20.0. The summed E-state index contributed by atoms with van der Waals surface area (Å²) in [5.41, 5.74) is 7.55. The zero-order valence-corrected chi connectivity index (χ0v) is 19.3. The van der Waals surface area contributed by atoms with Gasteiger partial charge in [0, 0.05) is 36.2 Å². The number of amides is 1. The van der Waals surface area contributed by atoms with E-state index in [0.29, 0.717) is 11.7 Å². The van der Waals surface area contributed by atoms with E-state index in [1.54, 1.807) is 0 Å². The van der Waals surface area contributed by atoms with Crippen molar-refractivity contribution >= 4 is 16.9 Å². The molecule has 4 aromatic rings. The molecule has 0 unspecified atom stereocenters. The Kier molecular flexibility index (Phi) is 4.45. The normalized spacial score (nSPS) is 19.0. The average molecular weight is 449 g/mol. The van der Waals surface area contributed by atoms with Crippen LogP contribution in [0.15, 0.2) is 71.3 Å². The van der Waals surface area contributed by atoms with Crippen LogP contribution in [-0.2, 0) is 11.8 Å². The number of aromatic nitrogens is 1. The van der Waals surface area contributed by atoms with E-state index in [0.717, 1.165) is 48.9 Å². The molecule has 4 heteroatoms. The molecule has 1 saturated heterocycles. The van der Waals surface area contributed by atoms with Gasteiger partial charge >= 0.3 is 0 Å². The zero-order valence-electron chi connectivity index (χ0n) is 19.3. The molecule has 2 aromatic heterocycles. The third kappa shape index (κ3) is 3.19. The Bertz CT molecular complexity index is 1410. The number of hydrogen-bond donors (Lipinski definition) is 0. The minimum atomic E-state index is 0.0129. The summed E-state index contributed by atoms with van der Waals surface area (Å²) in [5.74, 6) is 1.05. The van der Waals surface area contributed by atoms with Gasteiger partial charge in [-0.15, -0.1) is 0 Å². The minimum absolute atomic E-state index is 0.0129. The van der Waals surface area contributed by atoms with Gasteiger partial charge in [-0.1, -0.05) is 36.4 Å². The first-order valence-electron chi connectivity index (χ1n) is 12.6. The van der Waals surface area contributed by atoms with Crippen LogP contribution >= 0.6 is 0 Å². The number of likely N-dealkylation sites (tertiary alicyclic amines) is 1. The number of carbonyl (C=O) groups excluding carboxylic acids is 1. The van der Waals surface area contributed by atoms with Crippen molar-refractivity contribution in [2.75, 3.05) is 13.1 Å². The molecule has 0 radical (unpaired) electrons. The fourth-order valence-corrected chi connectivity index (χ4v) is 6.24. The van der Waals surface area contributed by atoms with Crippen molar-refractivity contribution in [2.45, 2.75) is 49.9 Å². The van der Waals surface area contributed by atoms with Crippen molar-refractivity contribution in [1.29, 1.82) is 0 Å². The number of hydrogen-bond acceptors (Lipinski definition) is 3. The second-order valence-corrected chi connectivity index (χ2v) is 10.3. The maximum absolute atomic E-state index is 13.3. The van der Waals surface area contributed by atoms with Crippen LogP contribution in [0.4, 0.5) is 0 Å². The number of nitrogens with zero attached hydrogens (tertiary/aromatic N) is 2. The molecule has 0 atom stereocenters. The van der Waals surface area contributed by atoms with E-state index in [4.69, 9.17) is 4.42 Å². The number of rotatable bonds is 3. The highest BCUT2D eigenvalue weighted by Gasteiger charge is 2.42. The van der Waals surface area contributed by atoms with Gasteiger partial charge in [-0.2, -0.15) is 0 Å². The second-order valence-electron chi connectivity index (χ2n) is 10.3. The van der Waals surface area contributed by atoms with Gasteiger partial charge in [0.2, 0.25) is 0 Å². The predicted octanol–water partition coefficient (Wildman–Crippen LogP) is 6.49. The van der Waals surface area contributed by atoms with E-state index in [-0.39, 0.29) is 11.3 Å². The lowest BCUT2D eigenvalue weighted by Crippen LogP contribution is -2.44. The highest BCUT2D eigenvalue weighted by Crippen LogP contribution is 2.46. The van der Waals surface area contributed by atoms with Gasteiger partial charge in [0.25, 0.3) is 5.91 Å². The van der Waals surface area contributed by atoms with Gasteiger partial charge in [-0.3, -0.25) is 9.78 Å². The molecule has 1 amide bonds. The Morgan fingerprint density at radius 1 is 0.971 bits per heavy atom. The van der Waals surface area contributed by atoms with Crippen LogP contribution in [0.3, 0.4) is 0 Å². The van der Waals surface area contributed by atoms with Crippen molar-refractivity contribution in [3.8, 4) is 11.1 Å². The highest BCUT2D eigenvalue weighted by atomic mass is 16.3. The van der Waals surface area contributed by atoms with Crippen molar-refractivity contribution in [1.82, 2.24) is 9.88 Å². The maximum Gasteiger partial charge on any atom is 0.289 e. The van der Waals surface area contributed by atoms with Crippen LogP contribution in [0.1, 0.15) is 65.4 Å². The van der Waals surface area contributed by atoms with E-state index in [1.165, 1.54) is 41.6 Å². The van der Waals surface area contributed by atoms with Crippen molar-refractivity contribution in [2.24, 2.45) is 0 Å². The fraction of sp³-hybridized carbons (Fsp3) is 0.333. The molecule has 2 aliphatic carbocycles. The summed E-state index contributed by atoms with van der Waals surface area (Å²) in [6.07, 6.45) is 8.76. The molecule has 3 heterocycles. The van der Waals surface area contributed by atoms with E-state index < -0.39 is 0 Å². The molecule has 2 aromatic carbocycles. The van der Waals surface area contributed by atoms with Gasteiger partial charge in [0.05, 0.1) is 5.69 Å². The van der Waals surface area contributed by atoms with E-state index in [9.17, 15) is 4.79 Å². The minimum Gasteiger partial charge on any atom is -0.451 e. The van der Waals surface area contributed by atoms with Crippen LogP contribution in [0.5, 0.6) is 0 Å². The summed E-state index contributed by atoms with van der Waals surface area (Å²) in [6.45, 7) is 1.58. The summed E-state index contributed by atoms with van der Waals surface area (Å²) in [5, 5.41) is 0.977. The van der Waals surface area contributed by atoms with Crippen molar-refractivity contribution in [3.63, 3.8) is 0 Å². The van der Waals surface area contributed by atoms with Crippen LogP contribution in [0.25, 0.3) is 22.1 Å². The molecule has 0 N–H and O–H groups in total. The fourth-order valence-electron chi connectivity index (χ4n) is 6.24. The molecular formula is C30H28N2O2. The average Bonchev–Trinajstić information content (AvgIpc) is 3.56. The molecule has 1 aliphatic heterocycles. The Labute approximate surface area is 199 Å². The number of fused-ring (bicyclic) bond motifs is 3. The molecule has 2 fully saturated rings. The molecular weight excluding hydrogens is 420 g/mol. The Morgan fingerprint density at radius 2 is 1.82 bits per heavy atom. The van der Waals surface area contributed by atoms with Crippen LogP contribution < -0.4 is 0 Å². The number of aryl methyl sites for hydroxylation is 1. The molecule has 0 bridgehead atoms. The molecule has 7 rings (SSSR count). The standard InChI is InChI=1S/C30H28N2O2/c33-29(32-16-13-30(14-17-32)12-11-20-4-1-2-6-25(20)30)27-19-23-18-22(9-10-26(23)34-27)24-5-3-15-31-28(24)21-7-8-21/h1-6,9-10,15,18-19,21H,7-8,11-14,16-17H2. The van der Waals surface area contributed by atoms with E-state index in [2.05, 4.69) is 47.4 Å². The third-order valence-electron chi connectivity index (χ3n) is 8.31. The number of carbonyl (C=O) groups is 1. The number of piperidine rings is 1. The van der Waals surface area contributed by atoms with Gasteiger partial charge < -0.3 is 9.32 Å². The smallest absolute Gasteiger partial charge is 0.289 e. The van der Waals surface area contributed by atoms with Crippen LogP contribution in [0, 0.1) is 0 Å². The predicted molar refractivity (Wildman–Crippen MR) is 133 cm³/mol. The summed E-state index contributed by atoms with van der Waals surface area (Å²) >= 11 is 0. The number of pyridine rings is 1. The zero-order chi connectivity index (χ0) is 22.7. The molecule has 1 spiro atoms.